The molecule has 6 nitrogen and oxygen atoms in total. The van der Waals surface area contributed by atoms with Gasteiger partial charge in [0.05, 0.1) is 17.7 Å². The van der Waals surface area contributed by atoms with Crippen LogP contribution in [0.4, 0.5) is 4.79 Å². The molecule has 1 aliphatic rings. The fraction of sp³-hybridized carbons (Fsp3) is 0.0870. The van der Waals surface area contributed by atoms with E-state index >= 15 is 0 Å². The maximum Gasteiger partial charge on any atom is 0.341 e. The van der Waals surface area contributed by atoms with Crippen LogP contribution in [0.1, 0.15) is 34.2 Å². The number of amides is 2. The molecule has 5 N–H and O–H groups in total. The van der Waals surface area contributed by atoms with E-state index in [0.717, 1.165) is 28.0 Å². The van der Waals surface area contributed by atoms with Crippen molar-refractivity contribution >= 4 is 17.6 Å². The number of rotatable bonds is 4. The van der Waals surface area contributed by atoms with E-state index in [2.05, 4.69) is 27.5 Å². The summed E-state index contributed by atoms with van der Waals surface area (Å²) in [6.07, 6.45) is 0. The van der Waals surface area contributed by atoms with Gasteiger partial charge in [-0.25, -0.2) is 4.79 Å². The molecule has 4 rings (SSSR count). The third-order valence-electron chi connectivity index (χ3n) is 5.06. The van der Waals surface area contributed by atoms with Crippen LogP contribution in [0.3, 0.4) is 0 Å². The number of nitrogens with one attached hydrogen (secondary N) is 1. The molecule has 6 heteroatoms. The molecule has 3 aromatic carbocycles. The largest absolute Gasteiger partial charge is 0.382 e. The van der Waals surface area contributed by atoms with Gasteiger partial charge >= 0.3 is 6.03 Å². The summed E-state index contributed by atoms with van der Waals surface area (Å²) in [6, 6.07) is 26.8. The highest BCUT2D eigenvalue weighted by atomic mass is 16.2. The molecule has 0 saturated heterocycles. The Morgan fingerprint density at radius 3 is 2.10 bits per heavy atom. The molecule has 2 unspecified atom stereocenters. The smallest absolute Gasteiger partial charge is 0.341 e. The molecule has 0 saturated carbocycles. The van der Waals surface area contributed by atoms with Crippen molar-refractivity contribution in [3.8, 4) is 0 Å². The summed E-state index contributed by atoms with van der Waals surface area (Å²) in [5.41, 5.74) is 10.2. The van der Waals surface area contributed by atoms with Crippen molar-refractivity contribution in [1.29, 1.82) is 0 Å². The molecule has 0 aromatic heterocycles. The van der Waals surface area contributed by atoms with E-state index in [1.165, 1.54) is 0 Å². The van der Waals surface area contributed by atoms with E-state index in [0.29, 0.717) is 0 Å². The molecule has 0 spiro atoms. The highest BCUT2D eigenvalue weighted by Gasteiger charge is 2.35. The van der Waals surface area contributed by atoms with Crippen molar-refractivity contribution in [2.24, 2.45) is 21.7 Å². The maximum absolute atomic E-state index is 12.5. The fourth-order valence-corrected chi connectivity index (χ4v) is 3.66. The van der Waals surface area contributed by atoms with Gasteiger partial charge in [-0.3, -0.25) is 0 Å². The number of urea groups is 1. The number of hydrazone groups is 1. The van der Waals surface area contributed by atoms with Gasteiger partial charge in [-0.15, -0.1) is 0 Å². The monoisotopic (exact) mass is 383 g/mol. The number of carbonyl (C=O) groups excluding carboxylic acids is 1. The predicted octanol–water partition coefficient (Wildman–Crippen LogP) is 3.30. The van der Waals surface area contributed by atoms with E-state index < -0.39 is 0 Å². The van der Waals surface area contributed by atoms with Crippen LogP contribution in [-0.2, 0) is 0 Å². The molecule has 3 aromatic rings. The number of carbonyl (C=O) groups is 1. The second-order valence-electron chi connectivity index (χ2n) is 6.81. The van der Waals surface area contributed by atoms with E-state index in [1.807, 2.05) is 72.8 Å². The Hall–Kier alpha value is -3.93. The molecule has 144 valence electrons. The topological polar surface area (TPSA) is 106 Å². The first-order chi connectivity index (χ1) is 14.2. The Kier molecular flexibility index (Phi) is 5.07. The number of amidine groups is 1. The summed E-state index contributed by atoms with van der Waals surface area (Å²) < 4.78 is 0. The van der Waals surface area contributed by atoms with Crippen LogP contribution in [0.5, 0.6) is 0 Å². The molecule has 1 aliphatic heterocycles. The number of nitrogens with two attached hydrogens (primary N) is 2. The van der Waals surface area contributed by atoms with Gasteiger partial charge in [-0.05, 0) is 16.7 Å². The zero-order chi connectivity index (χ0) is 20.2. The van der Waals surface area contributed by atoms with E-state index in [4.69, 9.17) is 11.6 Å². The van der Waals surface area contributed by atoms with Gasteiger partial charge in [0.25, 0.3) is 0 Å². The normalized spacial score (nSPS) is 19.4. The predicted molar refractivity (Wildman–Crippen MR) is 115 cm³/mol. The number of aliphatic imine (C=N–C) groups is 1. The molecular weight excluding hydrogens is 362 g/mol. The van der Waals surface area contributed by atoms with Crippen LogP contribution < -0.4 is 16.9 Å². The zero-order valence-corrected chi connectivity index (χ0v) is 15.7. The summed E-state index contributed by atoms with van der Waals surface area (Å²) in [4.78, 5) is 16.8. The van der Waals surface area contributed by atoms with Gasteiger partial charge in [-0.2, -0.15) is 10.1 Å². The minimum Gasteiger partial charge on any atom is -0.382 e. The summed E-state index contributed by atoms with van der Waals surface area (Å²) >= 11 is 0. The van der Waals surface area contributed by atoms with Gasteiger partial charge in [0.15, 0.2) is 0 Å². The van der Waals surface area contributed by atoms with E-state index in [1.54, 1.807) is 0 Å². The van der Waals surface area contributed by atoms with Gasteiger partial charge in [0, 0.05) is 5.56 Å². The Labute approximate surface area is 169 Å². The summed E-state index contributed by atoms with van der Waals surface area (Å²) in [6.45, 7) is 0. The first-order valence-corrected chi connectivity index (χ1v) is 9.30. The van der Waals surface area contributed by atoms with Crippen molar-refractivity contribution in [3.63, 3.8) is 0 Å². The summed E-state index contributed by atoms with van der Waals surface area (Å²) in [7, 11) is 0. The second-order valence-corrected chi connectivity index (χ2v) is 6.81. The van der Waals surface area contributed by atoms with Gasteiger partial charge in [0.1, 0.15) is 5.84 Å². The number of hydrogen-bond acceptors (Lipinski definition) is 3. The minimum absolute atomic E-state index is 0.136. The maximum atomic E-state index is 12.5. The van der Waals surface area contributed by atoms with Gasteiger partial charge in [-0.1, -0.05) is 84.9 Å². The number of nitrogens with zero attached hydrogens (tertiary/aromatic N) is 2. The van der Waals surface area contributed by atoms with Gasteiger partial charge in [0.2, 0.25) is 0 Å². The minimum atomic E-state index is -0.354. The van der Waals surface area contributed by atoms with Crippen molar-refractivity contribution in [2.45, 2.75) is 12.0 Å². The van der Waals surface area contributed by atoms with Crippen LogP contribution in [0.25, 0.3) is 0 Å². The quantitative estimate of drug-likeness (QED) is 0.278. The average molecular weight is 383 g/mol. The lowest BCUT2D eigenvalue weighted by Crippen LogP contribution is -2.40. The Bertz CT molecular complexity index is 1060. The van der Waals surface area contributed by atoms with Crippen LogP contribution in [-0.4, -0.2) is 17.6 Å². The molecule has 0 aliphatic carbocycles. The van der Waals surface area contributed by atoms with E-state index in [9.17, 15) is 4.79 Å². The fourth-order valence-electron chi connectivity index (χ4n) is 3.66. The Balaban J connectivity index is 1.82. The third-order valence-corrected chi connectivity index (χ3v) is 5.06. The lowest BCUT2D eigenvalue weighted by Gasteiger charge is -2.33. The van der Waals surface area contributed by atoms with Crippen LogP contribution in [0.2, 0.25) is 0 Å². The van der Waals surface area contributed by atoms with Crippen molar-refractivity contribution in [3.05, 3.63) is 107 Å². The third kappa shape index (κ3) is 3.73. The molecular formula is C23H21N5O. The number of benzene rings is 3. The highest BCUT2D eigenvalue weighted by molar-refractivity contribution is 6.12. The molecule has 0 fully saturated rings. The summed E-state index contributed by atoms with van der Waals surface area (Å²) in [5, 5.41) is 6.56. The van der Waals surface area contributed by atoms with E-state index in [-0.39, 0.29) is 23.8 Å². The Morgan fingerprint density at radius 1 is 0.862 bits per heavy atom. The highest BCUT2D eigenvalue weighted by Crippen LogP contribution is 2.37. The summed E-state index contributed by atoms with van der Waals surface area (Å²) in [5.74, 6) is 5.40. The average Bonchev–Trinajstić information content (AvgIpc) is 2.79. The number of hydrogen-bond donors (Lipinski definition) is 3. The second kappa shape index (κ2) is 7.98. The molecule has 2 amide bonds. The van der Waals surface area contributed by atoms with Crippen molar-refractivity contribution in [2.75, 3.05) is 0 Å². The molecule has 1 heterocycles. The van der Waals surface area contributed by atoms with Crippen LogP contribution in [0.15, 0.2) is 95.0 Å². The van der Waals surface area contributed by atoms with Crippen molar-refractivity contribution < 1.29 is 4.79 Å². The lowest BCUT2D eigenvalue weighted by atomic mass is 9.80. The standard InChI is InChI=1S/C23H21N5O/c24-22(28-25)18-13-11-17(12-14-18)21-19(15-7-3-1-4-8-15)20(26-23(29)27-21)16-9-5-2-6-10-16/h1-14,19,21H,25H2,(H2,24,28)(H,27,29). The van der Waals surface area contributed by atoms with Gasteiger partial charge < -0.3 is 16.9 Å². The molecule has 0 radical (unpaired) electrons. The first-order valence-electron chi connectivity index (χ1n) is 9.30. The lowest BCUT2D eigenvalue weighted by molar-refractivity contribution is 0.243. The molecule has 0 bridgehead atoms. The zero-order valence-electron chi connectivity index (χ0n) is 15.7. The molecule has 2 atom stereocenters. The Morgan fingerprint density at radius 2 is 1.48 bits per heavy atom. The molecule has 29 heavy (non-hydrogen) atoms. The van der Waals surface area contributed by atoms with Crippen LogP contribution in [0, 0.1) is 0 Å². The first kappa shape index (κ1) is 18.4. The van der Waals surface area contributed by atoms with Crippen LogP contribution >= 0.6 is 0 Å². The van der Waals surface area contributed by atoms with Crippen molar-refractivity contribution in [1.82, 2.24) is 5.32 Å². The SMILES string of the molecule is NN=C(N)c1ccc(C2NC(=O)N=C(c3ccccc3)C2c2ccccc2)cc1.